The van der Waals surface area contributed by atoms with Gasteiger partial charge in [0, 0.05) is 15.1 Å². The predicted molar refractivity (Wildman–Crippen MR) is 92.3 cm³/mol. The fourth-order valence-corrected chi connectivity index (χ4v) is 2.87. The van der Waals surface area contributed by atoms with Crippen molar-refractivity contribution >= 4 is 34.8 Å². The number of hydrogen-bond donors (Lipinski definition) is 0. The Balaban J connectivity index is 1.95. The molecule has 0 nitrogen and oxygen atoms in total. The van der Waals surface area contributed by atoms with Gasteiger partial charge in [-0.3, -0.25) is 0 Å². The van der Waals surface area contributed by atoms with Crippen LogP contribution < -0.4 is 0 Å². The van der Waals surface area contributed by atoms with Crippen molar-refractivity contribution in [2.45, 2.75) is 0 Å². The van der Waals surface area contributed by atoms with Crippen LogP contribution in [0.1, 0.15) is 0 Å². The van der Waals surface area contributed by atoms with Crippen molar-refractivity contribution in [1.29, 1.82) is 0 Å². The summed E-state index contributed by atoms with van der Waals surface area (Å²) in [6, 6.07) is 21.6. The molecule has 0 amide bonds. The van der Waals surface area contributed by atoms with Crippen LogP contribution in [0.3, 0.4) is 0 Å². The van der Waals surface area contributed by atoms with E-state index < -0.39 is 0 Å². The lowest BCUT2D eigenvalue weighted by Gasteiger charge is -2.06. The van der Waals surface area contributed by atoms with Gasteiger partial charge in [0.25, 0.3) is 0 Å². The summed E-state index contributed by atoms with van der Waals surface area (Å²) in [6.45, 7) is 0. The van der Waals surface area contributed by atoms with Crippen LogP contribution in [0.4, 0.5) is 0 Å². The van der Waals surface area contributed by atoms with Crippen molar-refractivity contribution in [3.63, 3.8) is 0 Å². The number of benzene rings is 3. The van der Waals surface area contributed by atoms with Gasteiger partial charge >= 0.3 is 0 Å². The molecule has 0 bridgehead atoms. The predicted octanol–water partition coefficient (Wildman–Crippen LogP) is 6.98. The second kappa shape index (κ2) is 6.11. The smallest absolute Gasteiger partial charge is 0.0426 e. The van der Waals surface area contributed by atoms with Crippen molar-refractivity contribution < 1.29 is 0 Å². The molecule has 0 aliphatic rings. The molecule has 0 aliphatic carbocycles. The Bertz CT molecular complexity index is 739. The minimum atomic E-state index is 0.638. The van der Waals surface area contributed by atoms with Crippen molar-refractivity contribution in [3.8, 4) is 22.3 Å². The van der Waals surface area contributed by atoms with Crippen LogP contribution in [0, 0.1) is 0 Å². The molecule has 21 heavy (non-hydrogen) atoms. The molecule has 0 aliphatic heterocycles. The molecule has 3 rings (SSSR count). The minimum Gasteiger partial charge on any atom is -0.0843 e. The lowest BCUT2D eigenvalue weighted by atomic mass is 10.0. The normalized spacial score (nSPS) is 10.6. The highest BCUT2D eigenvalue weighted by Gasteiger charge is 2.03. The van der Waals surface area contributed by atoms with Gasteiger partial charge in [0.2, 0.25) is 0 Å². The first-order valence-corrected chi connectivity index (χ1v) is 7.58. The Hall–Kier alpha value is -1.47. The monoisotopic (exact) mass is 332 g/mol. The zero-order valence-electron chi connectivity index (χ0n) is 11.0. The Morgan fingerprint density at radius 2 is 0.762 bits per heavy atom. The molecule has 0 radical (unpaired) electrons. The largest absolute Gasteiger partial charge is 0.0843 e. The molecule has 104 valence electrons. The van der Waals surface area contributed by atoms with E-state index in [1.54, 1.807) is 6.07 Å². The Morgan fingerprint density at radius 3 is 1.24 bits per heavy atom. The van der Waals surface area contributed by atoms with Gasteiger partial charge in [-0.1, -0.05) is 71.2 Å². The molecule has 3 heteroatoms. The van der Waals surface area contributed by atoms with Gasteiger partial charge < -0.3 is 0 Å². The average Bonchev–Trinajstić information content (AvgIpc) is 2.47. The number of rotatable bonds is 2. The molecule has 0 spiro atoms. The maximum Gasteiger partial charge on any atom is 0.0426 e. The van der Waals surface area contributed by atoms with E-state index in [1.807, 2.05) is 36.4 Å². The van der Waals surface area contributed by atoms with Gasteiger partial charge in [-0.15, -0.1) is 0 Å². The van der Waals surface area contributed by atoms with E-state index in [4.69, 9.17) is 34.8 Å². The zero-order valence-corrected chi connectivity index (χ0v) is 13.3. The highest BCUT2D eigenvalue weighted by molar-refractivity contribution is 6.35. The molecular weight excluding hydrogens is 323 g/mol. The third-order valence-corrected chi connectivity index (χ3v) is 3.95. The second-order valence-electron chi connectivity index (χ2n) is 4.74. The highest BCUT2D eigenvalue weighted by atomic mass is 35.5. The third-order valence-electron chi connectivity index (χ3n) is 3.26. The van der Waals surface area contributed by atoms with E-state index in [1.165, 1.54) is 0 Å². The van der Waals surface area contributed by atoms with Crippen molar-refractivity contribution in [2.24, 2.45) is 0 Å². The Morgan fingerprint density at radius 1 is 0.381 bits per heavy atom. The first-order valence-electron chi connectivity index (χ1n) is 6.44. The summed E-state index contributed by atoms with van der Waals surface area (Å²) in [6.07, 6.45) is 0. The van der Waals surface area contributed by atoms with E-state index >= 15 is 0 Å². The van der Waals surface area contributed by atoms with E-state index in [9.17, 15) is 0 Å². The van der Waals surface area contributed by atoms with Crippen LogP contribution in [0.2, 0.25) is 15.1 Å². The molecule has 0 saturated carbocycles. The lowest BCUT2D eigenvalue weighted by molar-refractivity contribution is 1.59. The highest BCUT2D eigenvalue weighted by Crippen LogP contribution is 2.29. The second-order valence-corrected chi connectivity index (χ2v) is 6.05. The zero-order chi connectivity index (χ0) is 14.8. The first-order chi connectivity index (χ1) is 10.1. The van der Waals surface area contributed by atoms with Gasteiger partial charge in [-0.25, -0.2) is 0 Å². The SMILES string of the molecule is Clc1ccc(-c2ccc(-c3cc(Cl)cc(Cl)c3)cc2)cc1. The first kappa shape index (κ1) is 14.5. The standard InChI is InChI=1S/C18H11Cl3/c19-16-7-5-13(6-8-16)12-1-3-14(4-2-12)15-9-17(20)11-18(21)10-15/h1-11H. The average molecular weight is 334 g/mol. The molecule has 0 N–H and O–H groups in total. The van der Waals surface area contributed by atoms with Crippen LogP contribution in [0.25, 0.3) is 22.3 Å². The topological polar surface area (TPSA) is 0 Å². The minimum absolute atomic E-state index is 0.638. The van der Waals surface area contributed by atoms with Crippen LogP contribution in [0.15, 0.2) is 66.7 Å². The van der Waals surface area contributed by atoms with E-state index in [-0.39, 0.29) is 0 Å². The molecule has 0 aromatic heterocycles. The summed E-state index contributed by atoms with van der Waals surface area (Å²) < 4.78 is 0. The van der Waals surface area contributed by atoms with Crippen LogP contribution in [-0.2, 0) is 0 Å². The number of halogens is 3. The third kappa shape index (κ3) is 3.41. The van der Waals surface area contributed by atoms with E-state index in [0.717, 1.165) is 27.3 Å². The number of hydrogen-bond acceptors (Lipinski definition) is 0. The molecule has 0 atom stereocenters. The molecule has 3 aromatic carbocycles. The van der Waals surface area contributed by atoms with E-state index in [0.29, 0.717) is 10.0 Å². The molecule has 3 aromatic rings. The summed E-state index contributed by atoms with van der Waals surface area (Å²) in [5.41, 5.74) is 4.37. The Kier molecular flexibility index (Phi) is 4.21. The fourth-order valence-electron chi connectivity index (χ4n) is 2.22. The van der Waals surface area contributed by atoms with Crippen LogP contribution in [-0.4, -0.2) is 0 Å². The van der Waals surface area contributed by atoms with E-state index in [2.05, 4.69) is 24.3 Å². The summed E-state index contributed by atoms with van der Waals surface area (Å²) in [4.78, 5) is 0. The molecule has 0 heterocycles. The van der Waals surface area contributed by atoms with Gasteiger partial charge in [0.05, 0.1) is 0 Å². The summed E-state index contributed by atoms with van der Waals surface area (Å²) in [5.74, 6) is 0. The molecular formula is C18H11Cl3. The van der Waals surface area contributed by atoms with Gasteiger partial charge in [-0.05, 0) is 52.6 Å². The van der Waals surface area contributed by atoms with Crippen LogP contribution >= 0.6 is 34.8 Å². The van der Waals surface area contributed by atoms with Crippen LogP contribution in [0.5, 0.6) is 0 Å². The van der Waals surface area contributed by atoms with Gasteiger partial charge in [0.15, 0.2) is 0 Å². The van der Waals surface area contributed by atoms with Crippen molar-refractivity contribution in [3.05, 3.63) is 81.8 Å². The van der Waals surface area contributed by atoms with Crippen molar-refractivity contribution in [1.82, 2.24) is 0 Å². The Labute approximate surface area is 138 Å². The quantitative estimate of drug-likeness (QED) is 0.474. The summed E-state index contributed by atoms with van der Waals surface area (Å²) in [5, 5.41) is 2.02. The van der Waals surface area contributed by atoms with Gasteiger partial charge in [-0.2, -0.15) is 0 Å². The summed E-state index contributed by atoms with van der Waals surface area (Å²) >= 11 is 18.0. The lowest BCUT2D eigenvalue weighted by Crippen LogP contribution is -1.81. The molecule has 0 saturated heterocycles. The molecule has 0 fully saturated rings. The maximum absolute atomic E-state index is 6.05. The van der Waals surface area contributed by atoms with Crippen molar-refractivity contribution in [2.75, 3.05) is 0 Å². The summed E-state index contributed by atoms with van der Waals surface area (Å²) in [7, 11) is 0. The maximum atomic E-state index is 6.05. The van der Waals surface area contributed by atoms with Gasteiger partial charge in [0.1, 0.15) is 0 Å². The fraction of sp³-hybridized carbons (Fsp3) is 0. The molecule has 0 unspecified atom stereocenters.